The van der Waals surface area contributed by atoms with E-state index in [0.29, 0.717) is 5.82 Å². The Kier molecular flexibility index (Phi) is 10.2. The number of aliphatic imine (C=N–C) groups is 1. The van der Waals surface area contributed by atoms with Crippen LogP contribution in [0.25, 0.3) is 0 Å². The number of nitrogens with two attached hydrogens (primary N) is 1. The number of amides is 2. The molecule has 3 aromatic rings. The van der Waals surface area contributed by atoms with Gasteiger partial charge in [0.15, 0.2) is 0 Å². The molecule has 2 heterocycles. The number of carboxylic acid groups (broad SMARTS) is 1. The van der Waals surface area contributed by atoms with Gasteiger partial charge in [0.1, 0.15) is 11.5 Å². The number of rotatable bonds is 6. The quantitative estimate of drug-likeness (QED) is 0.176. The second-order valence-electron chi connectivity index (χ2n) is 8.79. The van der Waals surface area contributed by atoms with Crippen LogP contribution in [0.3, 0.4) is 0 Å². The van der Waals surface area contributed by atoms with E-state index in [9.17, 15) is 22.8 Å². The van der Waals surface area contributed by atoms with Crippen molar-refractivity contribution >= 4 is 46.6 Å². The van der Waals surface area contributed by atoms with Gasteiger partial charge in [-0.25, -0.2) is 20.6 Å². The van der Waals surface area contributed by atoms with E-state index in [4.69, 9.17) is 32.1 Å². The normalized spacial score (nSPS) is 14.7. The van der Waals surface area contributed by atoms with Crippen LogP contribution in [-0.4, -0.2) is 58.2 Å². The van der Waals surface area contributed by atoms with Gasteiger partial charge in [0.05, 0.1) is 16.8 Å². The minimum atomic E-state index is -5.08. The van der Waals surface area contributed by atoms with Gasteiger partial charge in [0.25, 0.3) is 11.8 Å². The number of ether oxygens (including phenoxy) is 1. The predicted octanol–water partition coefficient (Wildman–Crippen LogP) is 4.86. The molecule has 2 atom stereocenters. The SMILES string of the molecule is COC1N=C(C)c2ccc(C(=O)Nc3cc(C(=O)N(N)C(C)c4ccccc4)ccc3Cl)nc2N1.O=C(O)C(F)(F)F. The first-order chi connectivity index (χ1) is 19.7. The second-order valence-corrected chi connectivity index (χ2v) is 9.20. The first-order valence-electron chi connectivity index (χ1n) is 12.1. The second kappa shape index (κ2) is 13.4. The first-order valence-corrected chi connectivity index (χ1v) is 12.5. The van der Waals surface area contributed by atoms with E-state index in [1.807, 2.05) is 44.2 Å². The molecule has 0 saturated heterocycles. The van der Waals surface area contributed by atoms with Gasteiger partial charge in [-0.05, 0) is 49.7 Å². The number of pyridine rings is 1. The fraction of sp³-hybridized carbons (Fsp3) is 0.222. The van der Waals surface area contributed by atoms with Crippen molar-refractivity contribution in [3.8, 4) is 0 Å². The average molecular weight is 607 g/mol. The van der Waals surface area contributed by atoms with Gasteiger partial charge >= 0.3 is 12.1 Å². The number of carbonyl (C=O) groups excluding carboxylic acids is 2. The largest absolute Gasteiger partial charge is 0.490 e. The van der Waals surface area contributed by atoms with Gasteiger partial charge in [-0.1, -0.05) is 41.9 Å². The van der Waals surface area contributed by atoms with Crippen molar-refractivity contribution < 1.29 is 37.4 Å². The lowest BCUT2D eigenvalue weighted by Gasteiger charge is -2.25. The van der Waals surface area contributed by atoms with Crippen LogP contribution >= 0.6 is 11.6 Å². The molecule has 15 heteroatoms. The van der Waals surface area contributed by atoms with Gasteiger partial charge in [-0.3, -0.25) is 14.6 Å². The lowest BCUT2D eigenvalue weighted by Crippen LogP contribution is -2.39. The van der Waals surface area contributed by atoms with Gasteiger partial charge < -0.3 is 20.5 Å². The Morgan fingerprint density at radius 3 is 2.38 bits per heavy atom. The molecule has 1 aliphatic heterocycles. The number of alkyl halides is 3. The number of aliphatic carboxylic acids is 1. The topological polar surface area (TPSA) is 159 Å². The molecule has 0 spiro atoms. The molecule has 1 aliphatic rings. The van der Waals surface area contributed by atoms with E-state index in [1.165, 1.54) is 19.2 Å². The average Bonchev–Trinajstić information content (AvgIpc) is 2.97. The van der Waals surface area contributed by atoms with Crippen LogP contribution in [0.2, 0.25) is 5.02 Å². The van der Waals surface area contributed by atoms with Crippen LogP contribution in [0.4, 0.5) is 24.7 Å². The molecule has 0 aliphatic carbocycles. The first kappa shape index (κ1) is 32.0. The Balaban J connectivity index is 0.000000616. The van der Waals surface area contributed by atoms with Crippen LogP contribution in [0.5, 0.6) is 0 Å². The number of anilines is 2. The van der Waals surface area contributed by atoms with E-state index < -0.39 is 30.3 Å². The minimum absolute atomic E-state index is 0.159. The van der Waals surface area contributed by atoms with Crippen LogP contribution in [0.1, 0.15) is 51.9 Å². The predicted molar refractivity (Wildman–Crippen MR) is 149 cm³/mol. The zero-order valence-corrected chi connectivity index (χ0v) is 23.2. The van der Waals surface area contributed by atoms with Crippen molar-refractivity contribution in [2.24, 2.45) is 10.8 Å². The highest BCUT2D eigenvalue weighted by Crippen LogP contribution is 2.27. The number of methoxy groups -OCH3 is 1. The van der Waals surface area contributed by atoms with Crippen molar-refractivity contribution in [2.45, 2.75) is 32.4 Å². The molecule has 0 saturated carbocycles. The maximum Gasteiger partial charge on any atom is 0.490 e. The number of fused-ring (bicyclic) bond motifs is 1. The van der Waals surface area contributed by atoms with Crippen LogP contribution in [0.15, 0.2) is 65.7 Å². The number of carboxylic acids is 1. The highest BCUT2D eigenvalue weighted by atomic mass is 35.5. The fourth-order valence-electron chi connectivity index (χ4n) is 3.65. The number of hydrazine groups is 1. The molecule has 4 rings (SSSR count). The van der Waals surface area contributed by atoms with Crippen molar-refractivity contribution in [3.05, 3.63) is 88.1 Å². The van der Waals surface area contributed by atoms with Crippen molar-refractivity contribution in [1.82, 2.24) is 9.99 Å². The molecule has 0 bridgehead atoms. The highest BCUT2D eigenvalue weighted by Gasteiger charge is 2.38. The number of hydrogen-bond donors (Lipinski definition) is 4. The summed E-state index contributed by atoms with van der Waals surface area (Å²) in [6, 6.07) is 17.0. The van der Waals surface area contributed by atoms with Gasteiger partial charge in [0.2, 0.25) is 6.35 Å². The van der Waals surface area contributed by atoms with Crippen molar-refractivity contribution in [3.63, 3.8) is 0 Å². The molecule has 222 valence electrons. The molecular weight excluding hydrogens is 581 g/mol. The van der Waals surface area contributed by atoms with E-state index in [0.717, 1.165) is 21.8 Å². The summed E-state index contributed by atoms with van der Waals surface area (Å²) >= 11 is 6.31. The number of aromatic nitrogens is 1. The number of carbonyl (C=O) groups is 3. The van der Waals surface area contributed by atoms with Crippen LogP contribution in [-0.2, 0) is 9.53 Å². The summed E-state index contributed by atoms with van der Waals surface area (Å²) in [5.41, 5.74) is 3.13. The molecule has 0 fully saturated rings. The summed E-state index contributed by atoms with van der Waals surface area (Å²) in [5.74, 6) is 2.96. The van der Waals surface area contributed by atoms with Gasteiger partial charge in [0, 0.05) is 23.9 Å². The summed E-state index contributed by atoms with van der Waals surface area (Å²) in [4.78, 5) is 43.6. The third kappa shape index (κ3) is 7.81. The Labute approximate surface area is 243 Å². The Morgan fingerprint density at radius 2 is 1.79 bits per heavy atom. The molecule has 2 unspecified atom stereocenters. The maximum atomic E-state index is 13.0. The number of nitrogens with one attached hydrogen (secondary N) is 2. The zero-order valence-electron chi connectivity index (χ0n) is 22.4. The standard InChI is InChI=1S/C25H25ClN6O3.C2HF3O2/c1-14-18-10-12-20(29-22(18)31-25(28-14)35-3)23(33)30-21-13-17(9-11-19(21)26)24(34)32(27)15(2)16-7-5-4-6-8-16;3-2(4,5)1(6)7/h4-13,15,25H,27H2,1-3H3,(H,29,31)(H,30,33);(H,6,7). The Hall–Kier alpha value is -4.53. The highest BCUT2D eigenvalue weighted by molar-refractivity contribution is 6.34. The Morgan fingerprint density at radius 1 is 1.14 bits per heavy atom. The van der Waals surface area contributed by atoms with Crippen molar-refractivity contribution in [1.29, 1.82) is 0 Å². The number of nitrogens with zero attached hydrogens (tertiary/aromatic N) is 3. The molecule has 42 heavy (non-hydrogen) atoms. The van der Waals surface area contributed by atoms with Gasteiger partial charge in [-0.15, -0.1) is 0 Å². The molecule has 1 aromatic heterocycles. The molecule has 11 nitrogen and oxygen atoms in total. The van der Waals surface area contributed by atoms with E-state index in [-0.39, 0.29) is 28.0 Å². The molecule has 0 radical (unpaired) electrons. The lowest BCUT2D eigenvalue weighted by molar-refractivity contribution is -0.192. The fourth-order valence-corrected chi connectivity index (χ4v) is 3.82. The van der Waals surface area contributed by atoms with E-state index >= 15 is 0 Å². The maximum absolute atomic E-state index is 13.0. The Bertz CT molecular complexity index is 1500. The molecule has 2 aromatic carbocycles. The smallest absolute Gasteiger partial charge is 0.475 e. The van der Waals surface area contributed by atoms with Crippen molar-refractivity contribution in [2.75, 3.05) is 17.7 Å². The molecule has 2 amide bonds. The molecule has 5 N–H and O–H groups in total. The third-order valence-corrected chi connectivity index (χ3v) is 6.28. The third-order valence-electron chi connectivity index (χ3n) is 5.95. The zero-order chi connectivity index (χ0) is 31.2. The summed E-state index contributed by atoms with van der Waals surface area (Å²) in [6.07, 6.45) is -5.66. The van der Waals surface area contributed by atoms with Crippen LogP contribution < -0.4 is 16.5 Å². The van der Waals surface area contributed by atoms with Crippen LogP contribution in [0, 0.1) is 0 Å². The van der Waals surface area contributed by atoms with E-state index in [2.05, 4.69) is 20.6 Å². The summed E-state index contributed by atoms with van der Waals surface area (Å²) < 4.78 is 37.0. The number of benzene rings is 2. The lowest BCUT2D eigenvalue weighted by atomic mass is 10.1. The molecular formula is C27H26ClF3N6O5. The van der Waals surface area contributed by atoms with Gasteiger partial charge in [-0.2, -0.15) is 13.2 Å². The number of halogens is 4. The number of hydrogen-bond acceptors (Lipinski definition) is 8. The van der Waals surface area contributed by atoms with E-state index in [1.54, 1.807) is 18.2 Å². The summed E-state index contributed by atoms with van der Waals surface area (Å²) in [7, 11) is 1.52. The summed E-state index contributed by atoms with van der Waals surface area (Å²) in [6.45, 7) is 3.68. The monoisotopic (exact) mass is 606 g/mol. The summed E-state index contributed by atoms with van der Waals surface area (Å²) in [5, 5.41) is 14.3. The minimum Gasteiger partial charge on any atom is -0.475 e.